The number of carbonyl (C=O) groups is 1. The average molecular weight is 342 g/mol. The number of halogens is 1. The molecule has 3 N–H and O–H groups in total. The molecule has 2 aromatic carbocycles. The van der Waals surface area contributed by atoms with Crippen LogP contribution in [-0.4, -0.2) is 37.0 Å². The van der Waals surface area contributed by atoms with Gasteiger partial charge in [0.15, 0.2) is 0 Å². The van der Waals surface area contributed by atoms with Crippen LogP contribution in [0.1, 0.15) is 11.1 Å². The minimum atomic E-state index is -0.419. The van der Waals surface area contributed by atoms with Crippen LogP contribution in [-0.2, 0) is 17.8 Å². The van der Waals surface area contributed by atoms with Gasteiger partial charge in [-0.2, -0.15) is 0 Å². The standard InChI is InChI=1S/C19H23FN4O/c20-17-2-1-3-18(13-17)24(21)19(25)12-15-4-6-16(7-5-15)14-23-10-8-22-9-11-23/h1-7,13,22H,8-12,14,21H2. The fraction of sp³-hybridized carbons (Fsp3) is 0.316. The molecule has 2 aromatic rings. The van der Waals surface area contributed by atoms with Crippen molar-refractivity contribution < 1.29 is 9.18 Å². The van der Waals surface area contributed by atoms with E-state index in [0.717, 1.165) is 43.3 Å². The van der Waals surface area contributed by atoms with Crippen LogP contribution in [0.15, 0.2) is 48.5 Å². The summed E-state index contributed by atoms with van der Waals surface area (Å²) in [4.78, 5) is 14.7. The maximum Gasteiger partial charge on any atom is 0.245 e. The Kier molecular flexibility index (Phi) is 5.75. The van der Waals surface area contributed by atoms with Gasteiger partial charge >= 0.3 is 0 Å². The van der Waals surface area contributed by atoms with E-state index in [4.69, 9.17) is 5.84 Å². The Morgan fingerprint density at radius 2 is 1.80 bits per heavy atom. The van der Waals surface area contributed by atoms with Gasteiger partial charge in [0.25, 0.3) is 0 Å². The molecule has 132 valence electrons. The maximum atomic E-state index is 13.3. The molecule has 0 spiro atoms. The molecule has 0 atom stereocenters. The van der Waals surface area contributed by atoms with Gasteiger partial charge in [-0.3, -0.25) is 9.69 Å². The molecular weight excluding hydrogens is 319 g/mol. The molecule has 0 aromatic heterocycles. The predicted molar refractivity (Wildman–Crippen MR) is 96.4 cm³/mol. The number of rotatable bonds is 5. The Hall–Kier alpha value is -2.28. The highest BCUT2D eigenvalue weighted by atomic mass is 19.1. The molecule has 1 aliphatic rings. The first-order chi connectivity index (χ1) is 12.1. The third-order valence-corrected chi connectivity index (χ3v) is 4.35. The van der Waals surface area contributed by atoms with Gasteiger partial charge in [0.1, 0.15) is 5.82 Å². The first-order valence-corrected chi connectivity index (χ1v) is 8.46. The maximum absolute atomic E-state index is 13.3. The fourth-order valence-electron chi connectivity index (χ4n) is 2.92. The van der Waals surface area contributed by atoms with Gasteiger partial charge in [0.2, 0.25) is 5.91 Å². The summed E-state index contributed by atoms with van der Waals surface area (Å²) in [6.45, 7) is 5.08. The molecule has 1 amide bonds. The number of nitrogens with zero attached hydrogens (tertiary/aromatic N) is 2. The zero-order chi connectivity index (χ0) is 17.6. The molecular formula is C19H23FN4O. The normalized spacial score (nSPS) is 15.1. The van der Waals surface area contributed by atoms with Crippen molar-refractivity contribution in [3.8, 4) is 0 Å². The minimum absolute atomic E-state index is 0.181. The lowest BCUT2D eigenvalue weighted by Crippen LogP contribution is -2.42. The highest BCUT2D eigenvalue weighted by molar-refractivity contribution is 5.93. The lowest BCUT2D eigenvalue weighted by atomic mass is 10.1. The molecule has 0 saturated carbocycles. The molecule has 6 heteroatoms. The van der Waals surface area contributed by atoms with Crippen LogP contribution in [0.3, 0.4) is 0 Å². The molecule has 1 heterocycles. The topological polar surface area (TPSA) is 61.6 Å². The van der Waals surface area contributed by atoms with E-state index in [1.54, 1.807) is 6.07 Å². The lowest BCUT2D eigenvalue weighted by Gasteiger charge is -2.27. The zero-order valence-corrected chi connectivity index (χ0v) is 14.1. The van der Waals surface area contributed by atoms with Crippen LogP contribution in [0.25, 0.3) is 0 Å². The Balaban J connectivity index is 1.57. The molecule has 25 heavy (non-hydrogen) atoms. The van der Waals surface area contributed by atoms with Crippen LogP contribution in [0.5, 0.6) is 0 Å². The number of nitrogens with two attached hydrogens (primary N) is 1. The second kappa shape index (κ2) is 8.20. The molecule has 0 aliphatic carbocycles. The van der Waals surface area contributed by atoms with Gasteiger partial charge in [-0.25, -0.2) is 15.2 Å². The first-order valence-electron chi connectivity index (χ1n) is 8.46. The minimum Gasteiger partial charge on any atom is -0.314 e. The smallest absolute Gasteiger partial charge is 0.245 e. The third-order valence-electron chi connectivity index (χ3n) is 4.35. The quantitative estimate of drug-likeness (QED) is 0.493. The van der Waals surface area contributed by atoms with E-state index in [-0.39, 0.29) is 12.3 Å². The van der Waals surface area contributed by atoms with E-state index in [1.165, 1.54) is 23.8 Å². The van der Waals surface area contributed by atoms with Crippen LogP contribution in [0, 0.1) is 5.82 Å². The Morgan fingerprint density at radius 1 is 1.12 bits per heavy atom. The van der Waals surface area contributed by atoms with Crippen LogP contribution < -0.4 is 16.2 Å². The SMILES string of the molecule is NN(C(=O)Cc1ccc(CN2CCNCC2)cc1)c1cccc(F)c1. The number of amides is 1. The van der Waals surface area contributed by atoms with Crippen molar-refractivity contribution in [2.75, 3.05) is 31.2 Å². The van der Waals surface area contributed by atoms with E-state index in [1.807, 2.05) is 24.3 Å². The predicted octanol–water partition coefficient (Wildman–Crippen LogP) is 1.68. The largest absolute Gasteiger partial charge is 0.314 e. The molecule has 0 unspecified atom stereocenters. The number of hydrogen-bond acceptors (Lipinski definition) is 4. The Bertz CT molecular complexity index is 714. The summed E-state index contributed by atoms with van der Waals surface area (Å²) in [7, 11) is 0. The monoisotopic (exact) mass is 342 g/mol. The van der Waals surface area contributed by atoms with Gasteiger partial charge in [0, 0.05) is 32.7 Å². The number of nitrogens with one attached hydrogen (secondary N) is 1. The van der Waals surface area contributed by atoms with E-state index < -0.39 is 5.82 Å². The molecule has 3 rings (SSSR count). The Labute approximate surface area is 147 Å². The first kappa shape index (κ1) is 17.5. The van der Waals surface area contributed by atoms with Gasteiger partial charge in [-0.15, -0.1) is 0 Å². The van der Waals surface area contributed by atoms with Crippen molar-refractivity contribution in [3.63, 3.8) is 0 Å². The van der Waals surface area contributed by atoms with Gasteiger partial charge in [-0.05, 0) is 29.3 Å². The van der Waals surface area contributed by atoms with E-state index in [9.17, 15) is 9.18 Å². The molecule has 0 bridgehead atoms. The number of carbonyl (C=O) groups excluding carboxylic acids is 1. The van der Waals surface area contributed by atoms with Gasteiger partial charge < -0.3 is 5.32 Å². The number of hydrogen-bond donors (Lipinski definition) is 2. The molecule has 1 aliphatic heterocycles. The second-order valence-electron chi connectivity index (χ2n) is 6.26. The number of hydrazine groups is 1. The summed E-state index contributed by atoms with van der Waals surface area (Å²) >= 11 is 0. The lowest BCUT2D eigenvalue weighted by molar-refractivity contribution is -0.118. The van der Waals surface area contributed by atoms with Crippen molar-refractivity contribution in [2.24, 2.45) is 5.84 Å². The Morgan fingerprint density at radius 3 is 2.48 bits per heavy atom. The van der Waals surface area contributed by atoms with Crippen molar-refractivity contribution in [1.29, 1.82) is 0 Å². The number of benzene rings is 2. The number of piperazine rings is 1. The van der Waals surface area contributed by atoms with Crippen molar-refractivity contribution in [1.82, 2.24) is 10.2 Å². The second-order valence-corrected chi connectivity index (χ2v) is 6.26. The van der Waals surface area contributed by atoms with Crippen LogP contribution >= 0.6 is 0 Å². The zero-order valence-electron chi connectivity index (χ0n) is 14.1. The number of anilines is 1. The highest BCUT2D eigenvalue weighted by Gasteiger charge is 2.14. The van der Waals surface area contributed by atoms with Crippen molar-refractivity contribution in [3.05, 3.63) is 65.5 Å². The molecule has 1 saturated heterocycles. The van der Waals surface area contributed by atoms with Gasteiger partial charge in [-0.1, -0.05) is 30.3 Å². The van der Waals surface area contributed by atoms with Crippen molar-refractivity contribution in [2.45, 2.75) is 13.0 Å². The van der Waals surface area contributed by atoms with E-state index in [2.05, 4.69) is 10.2 Å². The highest BCUT2D eigenvalue weighted by Crippen LogP contribution is 2.15. The summed E-state index contributed by atoms with van der Waals surface area (Å²) in [5, 5.41) is 4.34. The summed E-state index contributed by atoms with van der Waals surface area (Å²) in [6, 6.07) is 13.7. The van der Waals surface area contributed by atoms with Crippen LogP contribution in [0.2, 0.25) is 0 Å². The summed E-state index contributed by atoms with van der Waals surface area (Å²) < 4.78 is 13.3. The average Bonchev–Trinajstić information content (AvgIpc) is 2.63. The molecule has 0 radical (unpaired) electrons. The molecule has 5 nitrogen and oxygen atoms in total. The van der Waals surface area contributed by atoms with E-state index >= 15 is 0 Å². The summed E-state index contributed by atoms with van der Waals surface area (Å²) in [6.07, 6.45) is 0.181. The third kappa shape index (κ3) is 4.85. The molecule has 1 fully saturated rings. The fourth-order valence-corrected chi connectivity index (χ4v) is 2.92. The van der Waals surface area contributed by atoms with Crippen molar-refractivity contribution >= 4 is 11.6 Å². The van der Waals surface area contributed by atoms with Crippen LogP contribution in [0.4, 0.5) is 10.1 Å². The van der Waals surface area contributed by atoms with Gasteiger partial charge in [0.05, 0.1) is 12.1 Å². The summed E-state index contributed by atoms with van der Waals surface area (Å²) in [5.41, 5.74) is 2.47. The van der Waals surface area contributed by atoms with E-state index in [0.29, 0.717) is 5.69 Å². The summed E-state index contributed by atoms with van der Waals surface area (Å²) in [5.74, 6) is 5.12.